The monoisotopic (exact) mass is 491 g/mol. The molecule has 4 N–H and O–H groups in total. The van der Waals surface area contributed by atoms with Gasteiger partial charge in [0, 0.05) is 63.3 Å². The van der Waals surface area contributed by atoms with Crippen LogP contribution < -0.4 is 11.3 Å². The molecule has 2 aliphatic heterocycles. The number of aliphatic carboxylic acids is 1. The number of nitrogens with two attached hydrogens (primary N) is 1. The van der Waals surface area contributed by atoms with Gasteiger partial charge in [0.15, 0.2) is 0 Å². The Bertz CT molecular complexity index is 849. The van der Waals surface area contributed by atoms with Crippen molar-refractivity contribution in [2.75, 3.05) is 26.2 Å². The van der Waals surface area contributed by atoms with Crippen LogP contribution in [0.1, 0.15) is 12.8 Å². The molecule has 0 fully saturated rings. The second kappa shape index (κ2) is 12.2. The SMILES string of the molecule is NNC(=O)CCC(=O)N(CCN1C(=O)C=CC1=O)CCN1C(=O)C=CC1=O.O=C(O)C(F)(F)F. The summed E-state index contributed by atoms with van der Waals surface area (Å²) < 4.78 is 31.7. The summed E-state index contributed by atoms with van der Waals surface area (Å²) in [5.74, 6) is -0.664. The third-order valence-electron chi connectivity index (χ3n) is 4.31. The first kappa shape index (κ1) is 28.0. The molecule has 13 nitrogen and oxygen atoms in total. The average Bonchev–Trinajstić information content (AvgIpc) is 3.26. The second-order valence-electron chi connectivity index (χ2n) is 6.57. The number of carbonyl (C=O) groups excluding carboxylic acids is 6. The number of nitrogens with zero attached hydrogens (tertiary/aromatic N) is 3. The maximum atomic E-state index is 12.4. The number of alkyl halides is 3. The van der Waals surface area contributed by atoms with E-state index < -0.39 is 47.6 Å². The molecule has 0 saturated carbocycles. The lowest BCUT2D eigenvalue weighted by Crippen LogP contribution is -2.45. The van der Waals surface area contributed by atoms with Gasteiger partial charge in [0.2, 0.25) is 11.8 Å². The number of imide groups is 2. The summed E-state index contributed by atoms with van der Waals surface area (Å²) in [6, 6.07) is 0. The lowest BCUT2D eigenvalue weighted by atomic mass is 10.2. The van der Waals surface area contributed by atoms with E-state index in [1.807, 2.05) is 5.43 Å². The maximum absolute atomic E-state index is 12.4. The van der Waals surface area contributed by atoms with Crippen LogP contribution in [0.25, 0.3) is 0 Å². The van der Waals surface area contributed by atoms with E-state index >= 15 is 0 Å². The molecule has 0 aromatic rings. The molecular formula is C18H20F3N5O8. The zero-order valence-corrected chi connectivity index (χ0v) is 17.4. The molecule has 2 rings (SSSR count). The van der Waals surface area contributed by atoms with Crippen LogP contribution in [-0.4, -0.2) is 93.6 Å². The highest BCUT2D eigenvalue weighted by atomic mass is 19.4. The van der Waals surface area contributed by atoms with Crippen LogP contribution in [-0.2, 0) is 33.6 Å². The van der Waals surface area contributed by atoms with Gasteiger partial charge in [-0.2, -0.15) is 13.2 Å². The molecule has 0 unspecified atom stereocenters. The molecular weight excluding hydrogens is 471 g/mol. The summed E-state index contributed by atoms with van der Waals surface area (Å²) in [5.41, 5.74) is 1.91. The molecule has 2 heterocycles. The van der Waals surface area contributed by atoms with Crippen LogP contribution in [0.2, 0.25) is 0 Å². The van der Waals surface area contributed by atoms with Crippen LogP contribution in [0.4, 0.5) is 13.2 Å². The first-order chi connectivity index (χ1) is 15.8. The predicted octanol–water partition coefficient (Wildman–Crippen LogP) is -1.93. The summed E-state index contributed by atoms with van der Waals surface area (Å²) in [7, 11) is 0. The maximum Gasteiger partial charge on any atom is 0.490 e. The molecule has 0 aromatic heterocycles. The minimum Gasteiger partial charge on any atom is -0.475 e. The highest BCUT2D eigenvalue weighted by Gasteiger charge is 2.38. The molecule has 6 amide bonds. The van der Waals surface area contributed by atoms with Crippen LogP contribution >= 0.6 is 0 Å². The fourth-order valence-electron chi connectivity index (χ4n) is 2.56. The van der Waals surface area contributed by atoms with Gasteiger partial charge >= 0.3 is 12.1 Å². The predicted molar refractivity (Wildman–Crippen MR) is 104 cm³/mol. The topological polar surface area (TPSA) is 187 Å². The number of carboxylic acid groups (broad SMARTS) is 1. The zero-order valence-electron chi connectivity index (χ0n) is 17.4. The molecule has 34 heavy (non-hydrogen) atoms. The van der Waals surface area contributed by atoms with Crippen molar-refractivity contribution < 1.29 is 51.8 Å². The Morgan fingerprint density at radius 1 is 0.853 bits per heavy atom. The summed E-state index contributed by atoms with van der Waals surface area (Å²) in [6.45, 7) is -0.0724. The first-order valence-corrected chi connectivity index (χ1v) is 9.42. The number of carbonyl (C=O) groups is 7. The van der Waals surface area contributed by atoms with Gasteiger partial charge < -0.3 is 10.0 Å². The number of hydrogen-bond acceptors (Lipinski definition) is 8. The molecule has 0 bridgehead atoms. The van der Waals surface area contributed by atoms with E-state index in [2.05, 4.69) is 0 Å². The van der Waals surface area contributed by atoms with Crippen molar-refractivity contribution in [3.63, 3.8) is 0 Å². The third kappa shape index (κ3) is 8.45. The largest absolute Gasteiger partial charge is 0.490 e. The van der Waals surface area contributed by atoms with Gasteiger partial charge in [-0.1, -0.05) is 0 Å². The fourth-order valence-corrected chi connectivity index (χ4v) is 2.56. The molecule has 0 aliphatic carbocycles. The highest BCUT2D eigenvalue weighted by molar-refractivity contribution is 6.13. The molecule has 2 aliphatic rings. The average molecular weight is 491 g/mol. The third-order valence-corrected chi connectivity index (χ3v) is 4.31. The van der Waals surface area contributed by atoms with Gasteiger partial charge in [-0.25, -0.2) is 10.6 Å². The Balaban J connectivity index is 0.000000718. The quantitative estimate of drug-likeness (QED) is 0.143. The molecule has 186 valence electrons. The fraction of sp³-hybridized carbons (Fsp3) is 0.389. The van der Waals surface area contributed by atoms with E-state index in [0.717, 1.165) is 34.1 Å². The van der Waals surface area contributed by atoms with Crippen molar-refractivity contribution in [2.45, 2.75) is 19.0 Å². The van der Waals surface area contributed by atoms with Crippen molar-refractivity contribution in [3.8, 4) is 0 Å². The Morgan fingerprint density at radius 2 is 1.21 bits per heavy atom. The number of amides is 6. The molecule has 0 spiro atoms. The van der Waals surface area contributed by atoms with Gasteiger partial charge in [-0.3, -0.25) is 44.0 Å². The van der Waals surface area contributed by atoms with Crippen molar-refractivity contribution >= 4 is 41.4 Å². The van der Waals surface area contributed by atoms with E-state index in [1.165, 1.54) is 4.90 Å². The number of hydrazine groups is 1. The molecule has 0 aromatic carbocycles. The lowest BCUT2D eigenvalue weighted by Gasteiger charge is -2.26. The summed E-state index contributed by atoms with van der Waals surface area (Å²) >= 11 is 0. The van der Waals surface area contributed by atoms with Crippen molar-refractivity contribution in [3.05, 3.63) is 24.3 Å². The van der Waals surface area contributed by atoms with Gasteiger partial charge in [0.05, 0.1) is 0 Å². The number of hydrogen-bond donors (Lipinski definition) is 3. The standard InChI is InChI=1S/C16H19N5O6.C2HF3O2/c17-18-11(22)1-2-12(23)19(7-9-20-13(24)3-4-14(20)25)8-10-21-15(26)5-6-16(21)27;3-2(4,5)1(6)7/h3-6H,1-2,7-10,17H2,(H,18,22);(H,6,7). The lowest BCUT2D eigenvalue weighted by molar-refractivity contribution is -0.192. The molecule has 0 radical (unpaired) electrons. The minimum atomic E-state index is -5.08. The van der Waals surface area contributed by atoms with Crippen molar-refractivity contribution in [1.82, 2.24) is 20.1 Å². The molecule has 0 saturated heterocycles. The zero-order chi connectivity index (χ0) is 26.1. The summed E-state index contributed by atoms with van der Waals surface area (Å²) in [4.78, 5) is 82.2. The number of carboxylic acids is 1. The van der Waals surface area contributed by atoms with Crippen LogP contribution in [0, 0.1) is 0 Å². The van der Waals surface area contributed by atoms with E-state index in [-0.39, 0.29) is 39.0 Å². The minimum absolute atomic E-state index is 0.00584. The number of halogens is 3. The summed E-state index contributed by atoms with van der Waals surface area (Å²) in [6.07, 6.45) is -0.845. The Labute approximate surface area is 189 Å². The molecule has 0 atom stereocenters. The van der Waals surface area contributed by atoms with E-state index in [0.29, 0.717) is 0 Å². The van der Waals surface area contributed by atoms with Crippen molar-refractivity contribution in [1.29, 1.82) is 0 Å². The van der Waals surface area contributed by atoms with E-state index in [4.69, 9.17) is 15.7 Å². The van der Waals surface area contributed by atoms with Crippen LogP contribution in [0.5, 0.6) is 0 Å². The van der Waals surface area contributed by atoms with Crippen molar-refractivity contribution in [2.24, 2.45) is 5.84 Å². The Morgan fingerprint density at radius 3 is 1.50 bits per heavy atom. The Kier molecular flexibility index (Phi) is 10.1. The summed E-state index contributed by atoms with van der Waals surface area (Å²) in [5, 5.41) is 7.12. The number of nitrogens with one attached hydrogen (secondary N) is 1. The smallest absolute Gasteiger partial charge is 0.475 e. The van der Waals surface area contributed by atoms with Gasteiger partial charge in [0.25, 0.3) is 23.6 Å². The highest BCUT2D eigenvalue weighted by Crippen LogP contribution is 2.13. The Hall–Kier alpha value is -4.08. The van der Waals surface area contributed by atoms with E-state index in [1.54, 1.807) is 0 Å². The second-order valence-corrected chi connectivity index (χ2v) is 6.57. The normalized spacial score (nSPS) is 14.9. The van der Waals surface area contributed by atoms with Gasteiger partial charge in [0.1, 0.15) is 0 Å². The number of rotatable bonds is 9. The van der Waals surface area contributed by atoms with E-state index in [9.17, 15) is 41.9 Å². The van der Waals surface area contributed by atoms with Gasteiger partial charge in [-0.05, 0) is 0 Å². The van der Waals surface area contributed by atoms with Crippen LogP contribution in [0.15, 0.2) is 24.3 Å². The van der Waals surface area contributed by atoms with Crippen LogP contribution in [0.3, 0.4) is 0 Å². The first-order valence-electron chi connectivity index (χ1n) is 9.42. The van der Waals surface area contributed by atoms with Gasteiger partial charge in [-0.15, -0.1) is 0 Å². The molecule has 16 heteroatoms.